The van der Waals surface area contributed by atoms with Crippen LogP contribution < -0.4 is 9.62 Å². The van der Waals surface area contributed by atoms with Gasteiger partial charge in [-0.15, -0.1) is 0 Å². The quantitative estimate of drug-likeness (QED) is 0.421. The molecule has 0 heterocycles. The van der Waals surface area contributed by atoms with E-state index in [-0.39, 0.29) is 18.9 Å². The topological polar surface area (TPSA) is 66.5 Å². The smallest absolute Gasteiger partial charge is 0.232 e. The molecule has 0 atom stereocenters. The summed E-state index contributed by atoms with van der Waals surface area (Å²) < 4.78 is 25.4. The first-order valence-corrected chi connectivity index (χ1v) is 13.3. The minimum absolute atomic E-state index is 0.111. The van der Waals surface area contributed by atoms with E-state index in [1.807, 2.05) is 6.07 Å². The van der Waals surface area contributed by atoms with Gasteiger partial charge < -0.3 is 5.32 Å². The number of hydrogen-bond acceptors (Lipinski definition) is 4. The molecule has 0 aliphatic heterocycles. The number of nitrogens with zero attached hydrogens (tertiary/aromatic N) is 1. The molecule has 2 aromatic carbocycles. The summed E-state index contributed by atoms with van der Waals surface area (Å²) in [6.45, 7) is 0.731. The molecule has 5 nitrogen and oxygen atoms in total. The maximum atomic E-state index is 12.1. The van der Waals surface area contributed by atoms with Crippen molar-refractivity contribution in [3.05, 3.63) is 63.1 Å². The lowest BCUT2D eigenvalue weighted by molar-refractivity contribution is -0.121. The molecule has 0 fully saturated rings. The Kier molecular flexibility index (Phi) is 10.1. The molecule has 1 N–H and O–H groups in total. The number of carbonyl (C=O) groups excluding carboxylic acids is 1. The summed E-state index contributed by atoms with van der Waals surface area (Å²) in [5.74, 6) is 1.36. The monoisotopic (exact) mass is 508 g/mol. The van der Waals surface area contributed by atoms with Crippen LogP contribution in [0.4, 0.5) is 5.69 Å². The van der Waals surface area contributed by atoms with Crippen LogP contribution in [0.2, 0.25) is 15.1 Å². The minimum Gasteiger partial charge on any atom is -0.355 e. The second kappa shape index (κ2) is 12.1. The van der Waals surface area contributed by atoms with Gasteiger partial charge in [0.15, 0.2) is 0 Å². The fourth-order valence-electron chi connectivity index (χ4n) is 2.67. The van der Waals surface area contributed by atoms with Gasteiger partial charge in [-0.3, -0.25) is 9.10 Å². The summed E-state index contributed by atoms with van der Waals surface area (Å²) in [7, 11) is -3.47. The number of sulfonamides is 1. The zero-order chi connectivity index (χ0) is 22.1. The fraction of sp³-hybridized carbons (Fsp3) is 0.350. The van der Waals surface area contributed by atoms with Crippen LogP contribution in [0.25, 0.3) is 0 Å². The summed E-state index contributed by atoms with van der Waals surface area (Å²) in [6.07, 6.45) is 1.78. The van der Waals surface area contributed by atoms with Crippen molar-refractivity contribution in [2.24, 2.45) is 0 Å². The highest BCUT2D eigenvalue weighted by molar-refractivity contribution is 7.98. The predicted octanol–water partition coefficient (Wildman–Crippen LogP) is 5.24. The van der Waals surface area contributed by atoms with Crippen molar-refractivity contribution in [3.8, 4) is 0 Å². The Morgan fingerprint density at radius 2 is 1.83 bits per heavy atom. The molecule has 0 unspecified atom stereocenters. The van der Waals surface area contributed by atoms with Crippen molar-refractivity contribution in [1.82, 2.24) is 5.32 Å². The zero-order valence-electron chi connectivity index (χ0n) is 16.4. The summed E-state index contributed by atoms with van der Waals surface area (Å²) in [4.78, 5) is 12.0. The minimum atomic E-state index is -3.47. The van der Waals surface area contributed by atoms with Crippen molar-refractivity contribution in [3.63, 3.8) is 0 Å². The normalized spacial score (nSPS) is 11.3. The molecule has 164 valence electrons. The fourth-order valence-corrected chi connectivity index (χ4v) is 5.23. The highest BCUT2D eigenvalue weighted by Gasteiger charge is 2.17. The number of halogens is 3. The number of hydrogen-bond donors (Lipinski definition) is 1. The Hall–Kier alpha value is -1.12. The molecule has 0 radical (unpaired) electrons. The molecule has 2 aromatic rings. The van der Waals surface area contributed by atoms with Gasteiger partial charge >= 0.3 is 0 Å². The van der Waals surface area contributed by atoms with Gasteiger partial charge in [0.1, 0.15) is 0 Å². The Morgan fingerprint density at radius 3 is 2.50 bits per heavy atom. The second-order valence-electron chi connectivity index (χ2n) is 6.56. The van der Waals surface area contributed by atoms with Gasteiger partial charge in [-0.1, -0.05) is 46.9 Å². The summed E-state index contributed by atoms with van der Waals surface area (Å²) in [5.41, 5.74) is 1.49. The molecule has 10 heteroatoms. The third-order valence-corrected chi connectivity index (χ3v) is 7.13. The number of nitrogens with one attached hydrogen (secondary N) is 1. The van der Waals surface area contributed by atoms with E-state index in [4.69, 9.17) is 34.8 Å². The van der Waals surface area contributed by atoms with Gasteiger partial charge in [-0.25, -0.2) is 8.42 Å². The van der Waals surface area contributed by atoms with Crippen LogP contribution in [0.15, 0.2) is 42.5 Å². The Morgan fingerprint density at radius 1 is 1.10 bits per heavy atom. The van der Waals surface area contributed by atoms with E-state index in [0.717, 1.165) is 23.3 Å². The van der Waals surface area contributed by atoms with Crippen LogP contribution in [0, 0.1) is 0 Å². The molecule has 2 rings (SSSR count). The van der Waals surface area contributed by atoms with Crippen LogP contribution in [0.5, 0.6) is 0 Å². The third-order valence-electron chi connectivity index (χ3n) is 4.10. The van der Waals surface area contributed by atoms with E-state index >= 15 is 0 Å². The number of amides is 1. The molecule has 0 aromatic heterocycles. The molecule has 0 aliphatic rings. The molecule has 0 bridgehead atoms. The van der Waals surface area contributed by atoms with E-state index in [0.29, 0.717) is 33.7 Å². The molecular weight excluding hydrogens is 487 g/mol. The van der Waals surface area contributed by atoms with Crippen molar-refractivity contribution in [1.29, 1.82) is 0 Å². The van der Waals surface area contributed by atoms with Gasteiger partial charge in [0.2, 0.25) is 15.9 Å². The number of benzene rings is 2. The second-order valence-corrected chi connectivity index (χ2v) is 10.8. The lowest BCUT2D eigenvalue weighted by atomic mass is 10.2. The molecule has 0 spiro atoms. The third kappa shape index (κ3) is 8.55. The van der Waals surface area contributed by atoms with Crippen molar-refractivity contribution < 1.29 is 13.2 Å². The molecular formula is C20H23Cl3N2O3S2. The number of thioether (sulfide) groups is 1. The number of carbonyl (C=O) groups is 1. The van der Waals surface area contributed by atoms with Gasteiger partial charge in [-0.2, -0.15) is 11.8 Å². The molecule has 0 saturated carbocycles. The lowest BCUT2D eigenvalue weighted by Gasteiger charge is -2.22. The Labute approximate surface area is 197 Å². The van der Waals surface area contributed by atoms with E-state index in [9.17, 15) is 13.2 Å². The highest BCUT2D eigenvalue weighted by atomic mass is 35.5. The molecule has 0 saturated heterocycles. The molecule has 0 aliphatic carbocycles. The van der Waals surface area contributed by atoms with Crippen molar-refractivity contribution in [2.75, 3.05) is 29.4 Å². The van der Waals surface area contributed by atoms with Crippen LogP contribution in [0.3, 0.4) is 0 Å². The SMILES string of the molecule is CS(=O)(=O)N(CCCC(=O)NCCSCc1ccc(Cl)cc1Cl)c1cccc(Cl)c1. The van der Waals surface area contributed by atoms with Crippen LogP contribution in [0.1, 0.15) is 18.4 Å². The highest BCUT2D eigenvalue weighted by Crippen LogP contribution is 2.24. The zero-order valence-corrected chi connectivity index (χ0v) is 20.3. The number of anilines is 1. The lowest BCUT2D eigenvalue weighted by Crippen LogP contribution is -2.32. The van der Waals surface area contributed by atoms with Gasteiger partial charge in [0.05, 0.1) is 11.9 Å². The summed E-state index contributed by atoms with van der Waals surface area (Å²) in [5, 5.41) is 4.54. The Balaban J connectivity index is 1.70. The van der Waals surface area contributed by atoms with E-state index in [2.05, 4.69) is 5.32 Å². The molecule has 1 amide bonds. The first kappa shape index (κ1) is 25.1. The number of rotatable bonds is 11. The first-order valence-electron chi connectivity index (χ1n) is 9.18. The van der Waals surface area contributed by atoms with Gasteiger partial charge in [0.25, 0.3) is 0 Å². The van der Waals surface area contributed by atoms with Gasteiger partial charge in [-0.05, 0) is 42.3 Å². The largest absolute Gasteiger partial charge is 0.355 e. The molecule has 30 heavy (non-hydrogen) atoms. The van der Waals surface area contributed by atoms with Crippen LogP contribution in [-0.2, 0) is 20.6 Å². The van der Waals surface area contributed by atoms with Gasteiger partial charge in [0, 0.05) is 46.1 Å². The predicted molar refractivity (Wildman–Crippen MR) is 129 cm³/mol. The Bertz CT molecular complexity index is 972. The van der Waals surface area contributed by atoms with E-state index < -0.39 is 10.0 Å². The average molecular weight is 510 g/mol. The standard InChI is InChI=1S/C20H23Cl3N2O3S2/c1-30(27,28)25(18-5-2-4-16(21)12-18)10-3-6-20(26)24-9-11-29-14-15-7-8-17(22)13-19(15)23/h2,4-5,7-8,12-13H,3,6,9-11,14H2,1H3,(H,24,26). The van der Waals surface area contributed by atoms with Crippen LogP contribution in [-0.4, -0.2) is 39.4 Å². The van der Waals surface area contributed by atoms with Crippen molar-refractivity contribution >= 4 is 68.2 Å². The van der Waals surface area contributed by atoms with E-state index in [1.165, 1.54) is 4.31 Å². The first-order chi connectivity index (χ1) is 14.2. The maximum Gasteiger partial charge on any atom is 0.232 e. The summed E-state index contributed by atoms with van der Waals surface area (Å²) in [6, 6.07) is 12.0. The van der Waals surface area contributed by atoms with Crippen LogP contribution >= 0.6 is 46.6 Å². The average Bonchev–Trinajstić information content (AvgIpc) is 2.65. The van der Waals surface area contributed by atoms with E-state index in [1.54, 1.807) is 48.2 Å². The van der Waals surface area contributed by atoms with Crippen molar-refractivity contribution in [2.45, 2.75) is 18.6 Å². The summed E-state index contributed by atoms with van der Waals surface area (Å²) >= 11 is 19.6. The maximum absolute atomic E-state index is 12.1.